The second-order valence-corrected chi connectivity index (χ2v) is 5.24. The van der Waals surface area contributed by atoms with Gasteiger partial charge in [-0.2, -0.15) is 0 Å². The molecule has 0 amide bonds. The quantitative estimate of drug-likeness (QED) is 0.762. The molecule has 0 saturated carbocycles. The molecule has 0 N–H and O–H groups in total. The first kappa shape index (κ1) is 14.8. The second kappa shape index (κ2) is 6.72. The van der Waals surface area contributed by atoms with Crippen molar-refractivity contribution in [2.75, 3.05) is 7.11 Å². The molecule has 104 valence electrons. The molecule has 20 heavy (non-hydrogen) atoms. The monoisotopic (exact) mass is 355 g/mol. The van der Waals surface area contributed by atoms with Gasteiger partial charge in [-0.25, -0.2) is 4.98 Å². The highest BCUT2D eigenvalue weighted by Gasteiger charge is 2.07. The van der Waals surface area contributed by atoms with Crippen LogP contribution in [0, 0.1) is 0 Å². The molecule has 1 heterocycles. The first-order chi connectivity index (χ1) is 9.63. The van der Waals surface area contributed by atoms with Gasteiger partial charge in [-0.3, -0.25) is 4.79 Å². The lowest BCUT2D eigenvalue weighted by Gasteiger charge is -2.10. The molecule has 0 fully saturated rings. The summed E-state index contributed by atoms with van der Waals surface area (Å²) in [5, 5.41) is 0.536. The molecule has 2 aromatic rings. The molecule has 0 unspecified atom stereocenters. The largest absolute Gasteiger partial charge is 0.495 e. The minimum absolute atomic E-state index is 0.258. The number of aromatic nitrogens is 1. The molecule has 0 radical (unpaired) electrons. The molecule has 0 aliphatic rings. The Bertz CT molecular complexity index is 634. The average molecular weight is 357 g/mol. The van der Waals surface area contributed by atoms with E-state index in [9.17, 15) is 4.79 Å². The van der Waals surface area contributed by atoms with Crippen LogP contribution in [0.4, 0.5) is 0 Å². The van der Waals surface area contributed by atoms with E-state index < -0.39 is 0 Å². The van der Waals surface area contributed by atoms with Gasteiger partial charge in [-0.1, -0.05) is 17.7 Å². The molecule has 0 spiro atoms. The maximum absolute atomic E-state index is 10.9. The molecule has 0 saturated heterocycles. The van der Waals surface area contributed by atoms with Crippen LogP contribution in [0.15, 0.2) is 34.9 Å². The summed E-state index contributed by atoms with van der Waals surface area (Å²) in [7, 11) is 1.55. The Morgan fingerprint density at radius 1 is 1.35 bits per heavy atom. The second-order valence-electron chi connectivity index (χ2n) is 3.91. The summed E-state index contributed by atoms with van der Waals surface area (Å²) in [5.74, 6) is 0.999. The Kier molecular flexibility index (Phi) is 4.98. The number of carbonyl (C=O) groups is 1. The van der Waals surface area contributed by atoms with E-state index in [0.717, 1.165) is 10.0 Å². The topological polar surface area (TPSA) is 48.4 Å². The fourth-order valence-electron chi connectivity index (χ4n) is 1.59. The van der Waals surface area contributed by atoms with E-state index in [1.807, 2.05) is 6.07 Å². The molecule has 1 aromatic heterocycles. The van der Waals surface area contributed by atoms with Gasteiger partial charge < -0.3 is 9.47 Å². The van der Waals surface area contributed by atoms with Crippen molar-refractivity contribution in [3.63, 3.8) is 0 Å². The number of pyridine rings is 1. The van der Waals surface area contributed by atoms with E-state index in [0.29, 0.717) is 22.8 Å². The van der Waals surface area contributed by atoms with Crippen molar-refractivity contribution in [2.45, 2.75) is 6.61 Å². The summed E-state index contributed by atoms with van der Waals surface area (Å²) in [4.78, 5) is 14.9. The van der Waals surface area contributed by atoms with Gasteiger partial charge >= 0.3 is 0 Å². The lowest BCUT2D eigenvalue weighted by molar-refractivity contribution is 0.111. The van der Waals surface area contributed by atoms with Gasteiger partial charge in [0.1, 0.15) is 23.8 Å². The van der Waals surface area contributed by atoms with E-state index in [1.165, 1.54) is 0 Å². The Balaban J connectivity index is 2.16. The van der Waals surface area contributed by atoms with E-state index >= 15 is 0 Å². The van der Waals surface area contributed by atoms with Crippen molar-refractivity contribution in [3.8, 4) is 11.5 Å². The van der Waals surface area contributed by atoms with Crippen LogP contribution >= 0.6 is 27.5 Å². The van der Waals surface area contributed by atoms with E-state index in [2.05, 4.69) is 20.9 Å². The minimum Gasteiger partial charge on any atom is -0.495 e. The Labute approximate surface area is 129 Å². The highest BCUT2D eigenvalue weighted by Crippen LogP contribution is 2.26. The average Bonchev–Trinajstić information content (AvgIpc) is 2.46. The molecule has 0 bridgehead atoms. The van der Waals surface area contributed by atoms with Crippen molar-refractivity contribution in [1.82, 2.24) is 4.98 Å². The molecular weight excluding hydrogens is 346 g/mol. The molecule has 0 atom stereocenters. The van der Waals surface area contributed by atoms with Gasteiger partial charge in [-0.05, 0) is 39.7 Å². The molecule has 4 nitrogen and oxygen atoms in total. The van der Waals surface area contributed by atoms with Gasteiger partial charge in [0, 0.05) is 10.7 Å². The number of ether oxygens (including phenoxy) is 2. The zero-order valence-corrected chi connectivity index (χ0v) is 12.9. The number of halogens is 2. The molecule has 1 aromatic carbocycles. The number of carbonyl (C=O) groups excluding carboxylic acids is 1. The van der Waals surface area contributed by atoms with Gasteiger partial charge in [0.05, 0.1) is 12.1 Å². The summed E-state index contributed by atoms with van der Waals surface area (Å²) in [6.45, 7) is 0.284. The third-order valence-corrected chi connectivity index (χ3v) is 3.32. The maximum Gasteiger partial charge on any atom is 0.172 e. The SMILES string of the molecule is COc1cc(COc2cc(Br)cnc2C=O)ccc1Cl. The number of hydrogen-bond acceptors (Lipinski definition) is 4. The fourth-order valence-corrected chi connectivity index (χ4v) is 2.10. The summed E-state index contributed by atoms with van der Waals surface area (Å²) >= 11 is 9.24. The van der Waals surface area contributed by atoms with Crippen molar-refractivity contribution in [1.29, 1.82) is 0 Å². The van der Waals surface area contributed by atoms with Crippen LogP contribution < -0.4 is 9.47 Å². The minimum atomic E-state index is 0.258. The Hall–Kier alpha value is -1.59. The highest BCUT2D eigenvalue weighted by atomic mass is 79.9. The highest BCUT2D eigenvalue weighted by molar-refractivity contribution is 9.10. The Morgan fingerprint density at radius 3 is 2.85 bits per heavy atom. The van der Waals surface area contributed by atoms with Crippen LogP contribution in [0.1, 0.15) is 16.1 Å². The van der Waals surface area contributed by atoms with Crippen LogP contribution in [0.25, 0.3) is 0 Å². The lowest BCUT2D eigenvalue weighted by atomic mass is 10.2. The normalized spacial score (nSPS) is 10.2. The molecule has 0 aliphatic heterocycles. The third-order valence-electron chi connectivity index (χ3n) is 2.57. The van der Waals surface area contributed by atoms with E-state index in [1.54, 1.807) is 31.5 Å². The first-order valence-electron chi connectivity index (χ1n) is 5.70. The summed E-state index contributed by atoms with van der Waals surface area (Å²) in [5.41, 5.74) is 1.14. The van der Waals surface area contributed by atoms with Crippen molar-refractivity contribution in [2.24, 2.45) is 0 Å². The van der Waals surface area contributed by atoms with Crippen molar-refractivity contribution in [3.05, 3.63) is 51.2 Å². The fraction of sp³-hybridized carbons (Fsp3) is 0.143. The third kappa shape index (κ3) is 3.49. The predicted octanol–water partition coefficient (Wildman–Crippen LogP) is 3.90. The standard InChI is InChI=1S/C14H11BrClNO3/c1-19-13-4-9(2-3-11(13)16)8-20-14-5-10(15)6-17-12(14)7-18/h2-7H,8H2,1H3. The number of aldehydes is 1. The summed E-state index contributed by atoms with van der Waals surface area (Å²) in [6.07, 6.45) is 2.20. The number of nitrogens with zero attached hydrogens (tertiary/aromatic N) is 1. The predicted molar refractivity (Wildman–Crippen MR) is 79.7 cm³/mol. The van der Waals surface area contributed by atoms with Gasteiger partial charge in [0.15, 0.2) is 6.29 Å². The van der Waals surface area contributed by atoms with Crippen LogP contribution in [-0.4, -0.2) is 18.4 Å². The lowest BCUT2D eigenvalue weighted by Crippen LogP contribution is -2.00. The van der Waals surface area contributed by atoms with E-state index in [-0.39, 0.29) is 12.3 Å². The molecule has 0 aliphatic carbocycles. The molecule has 2 rings (SSSR count). The Morgan fingerprint density at radius 2 is 2.15 bits per heavy atom. The first-order valence-corrected chi connectivity index (χ1v) is 6.87. The van der Waals surface area contributed by atoms with Gasteiger partial charge in [0.2, 0.25) is 0 Å². The smallest absolute Gasteiger partial charge is 0.172 e. The van der Waals surface area contributed by atoms with E-state index in [4.69, 9.17) is 21.1 Å². The molecular formula is C14H11BrClNO3. The van der Waals surface area contributed by atoms with Crippen LogP contribution in [0.5, 0.6) is 11.5 Å². The zero-order valence-electron chi connectivity index (χ0n) is 10.6. The van der Waals surface area contributed by atoms with Crippen molar-refractivity contribution < 1.29 is 14.3 Å². The van der Waals surface area contributed by atoms with Crippen molar-refractivity contribution >= 4 is 33.8 Å². The zero-order chi connectivity index (χ0) is 14.5. The van der Waals surface area contributed by atoms with Crippen LogP contribution in [0.3, 0.4) is 0 Å². The number of hydrogen-bond donors (Lipinski definition) is 0. The summed E-state index contributed by atoms with van der Waals surface area (Å²) < 4.78 is 11.5. The number of rotatable bonds is 5. The van der Waals surface area contributed by atoms with Crippen LogP contribution in [0.2, 0.25) is 5.02 Å². The number of methoxy groups -OCH3 is 1. The van der Waals surface area contributed by atoms with Gasteiger partial charge in [-0.15, -0.1) is 0 Å². The van der Waals surface area contributed by atoms with Crippen LogP contribution in [-0.2, 0) is 6.61 Å². The number of benzene rings is 1. The maximum atomic E-state index is 10.9. The van der Waals surface area contributed by atoms with Gasteiger partial charge in [0.25, 0.3) is 0 Å². The molecule has 6 heteroatoms. The summed E-state index contributed by atoms with van der Waals surface area (Å²) in [6, 6.07) is 7.05.